The van der Waals surface area contributed by atoms with Gasteiger partial charge in [-0.2, -0.15) is 13.2 Å². The van der Waals surface area contributed by atoms with Gasteiger partial charge in [-0.05, 0) is 30.3 Å². The molecule has 122 valence electrons. The van der Waals surface area contributed by atoms with Crippen LogP contribution in [0.25, 0.3) is 22.2 Å². The van der Waals surface area contributed by atoms with Gasteiger partial charge in [0.05, 0.1) is 22.3 Å². The van der Waals surface area contributed by atoms with Crippen LogP contribution in [0, 0.1) is 5.82 Å². The van der Waals surface area contributed by atoms with Crippen LogP contribution >= 0.6 is 0 Å². The fourth-order valence-corrected chi connectivity index (χ4v) is 2.28. The fourth-order valence-electron chi connectivity index (χ4n) is 2.28. The van der Waals surface area contributed by atoms with Crippen LogP contribution in [0.4, 0.5) is 17.6 Å². The van der Waals surface area contributed by atoms with E-state index in [9.17, 15) is 27.5 Å². The van der Waals surface area contributed by atoms with Crippen LogP contribution in [0.2, 0.25) is 0 Å². The number of carboxylic acid groups (broad SMARTS) is 1. The minimum atomic E-state index is -4.65. The fraction of sp³-hybridized carbons (Fsp3) is 0.0625. The van der Waals surface area contributed by atoms with Gasteiger partial charge in [0, 0.05) is 23.3 Å². The summed E-state index contributed by atoms with van der Waals surface area (Å²) >= 11 is 0. The molecule has 8 heteroatoms. The number of aromatic carboxylic acids is 1. The maximum absolute atomic E-state index is 14.0. The molecule has 0 spiro atoms. The van der Waals surface area contributed by atoms with Crippen LogP contribution in [-0.4, -0.2) is 21.0 Å². The summed E-state index contributed by atoms with van der Waals surface area (Å²) in [4.78, 5) is 19.2. The Hall–Kier alpha value is -3.03. The number of benzene rings is 1. The molecule has 0 radical (unpaired) electrons. The molecule has 3 aromatic rings. The van der Waals surface area contributed by atoms with Crippen molar-refractivity contribution in [1.82, 2.24) is 9.97 Å². The van der Waals surface area contributed by atoms with Gasteiger partial charge < -0.3 is 5.11 Å². The van der Waals surface area contributed by atoms with E-state index in [4.69, 9.17) is 0 Å². The lowest BCUT2D eigenvalue weighted by Crippen LogP contribution is -2.06. The van der Waals surface area contributed by atoms with Crippen molar-refractivity contribution < 1.29 is 27.5 Å². The van der Waals surface area contributed by atoms with Gasteiger partial charge in [0.2, 0.25) is 0 Å². The van der Waals surface area contributed by atoms with Crippen molar-refractivity contribution >= 4 is 16.9 Å². The lowest BCUT2D eigenvalue weighted by molar-refractivity contribution is -0.137. The number of hydrogen-bond acceptors (Lipinski definition) is 3. The largest absolute Gasteiger partial charge is 0.478 e. The number of hydrogen-bond donors (Lipinski definition) is 1. The molecule has 0 bridgehead atoms. The Morgan fingerprint density at radius 1 is 1.12 bits per heavy atom. The van der Waals surface area contributed by atoms with E-state index < -0.39 is 29.1 Å². The van der Waals surface area contributed by atoms with E-state index in [2.05, 4.69) is 9.97 Å². The highest BCUT2D eigenvalue weighted by Crippen LogP contribution is 2.34. The third-order valence-corrected chi connectivity index (χ3v) is 3.41. The smallest absolute Gasteiger partial charge is 0.416 e. The highest BCUT2D eigenvalue weighted by molar-refractivity contribution is 6.03. The van der Waals surface area contributed by atoms with Gasteiger partial charge in [-0.25, -0.2) is 14.2 Å². The number of aromatic nitrogens is 2. The second kappa shape index (κ2) is 5.55. The first kappa shape index (κ1) is 15.9. The van der Waals surface area contributed by atoms with Crippen molar-refractivity contribution in [3.05, 3.63) is 59.7 Å². The Balaban J connectivity index is 2.29. The van der Waals surface area contributed by atoms with Crippen LogP contribution in [0.15, 0.2) is 42.7 Å². The Kier molecular flexibility index (Phi) is 3.67. The summed E-state index contributed by atoms with van der Waals surface area (Å²) in [5.41, 5.74) is -1.70. The van der Waals surface area contributed by atoms with Crippen LogP contribution < -0.4 is 0 Å². The molecule has 0 fully saturated rings. The highest BCUT2D eigenvalue weighted by Gasteiger charge is 2.31. The molecule has 0 saturated heterocycles. The molecule has 0 aliphatic carbocycles. The molecular weight excluding hydrogens is 328 g/mol. The molecule has 0 aliphatic rings. The topological polar surface area (TPSA) is 63.1 Å². The van der Waals surface area contributed by atoms with Gasteiger partial charge in [0.15, 0.2) is 0 Å². The second-order valence-corrected chi connectivity index (χ2v) is 4.95. The van der Waals surface area contributed by atoms with Gasteiger partial charge >= 0.3 is 12.1 Å². The number of pyridine rings is 2. The summed E-state index contributed by atoms with van der Waals surface area (Å²) in [6.45, 7) is 0. The molecule has 0 atom stereocenters. The Labute approximate surface area is 132 Å². The third kappa shape index (κ3) is 2.78. The molecular formula is C16H8F4N2O2. The maximum atomic E-state index is 14.0. The summed E-state index contributed by atoms with van der Waals surface area (Å²) in [7, 11) is 0. The second-order valence-electron chi connectivity index (χ2n) is 4.95. The Morgan fingerprint density at radius 3 is 2.54 bits per heavy atom. The lowest BCUT2D eigenvalue weighted by Gasteiger charge is -2.11. The number of fused-ring (bicyclic) bond motifs is 1. The van der Waals surface area contributed by atoms with Crippen molar-refractivity contribution in [2.45, 2.75) is 6.18 Å². The molecule has 0 unspecified atom stereocenters. The van der Waals surface area contributed by atoms with E-state index in [1.165, 1.54) is 18.5 Å². The standard InChI is InChI=1S/C16H8F4N2O2/c17-12-2-1-8(16(18,19)20)5-10(12)14-6-9(15(23)24)11-7-21-4-3-13(11)22-14/h1-7H,(H,23,24). The molecule has 2 heterocycles. The molecule has 0 saturated carbocycles. The van der Waals surface area contributed by atoms with Crippen LogP contribution in [0.3, 0.4) is 0 Å². The number of nitrogens with zero attached hydrogens (tertiary/aromatic N) is 2. The number of carboxylic acids is 1. The van der Waals surface area contributed by atoms with Crippen molar-refractivity contribution in [2.75, 3.05) is 0 Å². The number of carbonyl (C=O) groups is 1. The van der Waals surface area contributed by atoms with Crippen LogP contribution in [-0.2, 0) is 6.18 Å². The first-order chi connectivity index (χ1) is 11.3. The van der Waals surface area contributed by atoms with Crippen molar-refractivity contribution in [3.63, 3.8) is 0 Å². The zero-order valence-electron chi connectivity index (χ0n) is 11.8. The molecule has 0 aliphatic heterocycles. The molecule has 1 N–H and O–H groups in total. The molecule has 1 aromatic carbocycles. The van der Waals surface area contributed by atoms with E-state index in [1.54, 1.807) is 0 Å². The predicted octanol–water partition coefficient (Wildman–Crippen LogP) is 4.15. The van der Waals surface area contributed by atoms with E-state index >= 15 is 0 Å². The van der Waals surface area contributed by atoms with Crippen molar-refractivity contribution in [1.29, 1.82) is 0 Å². The van der Waals surface area contributed by atoms with Crippen LogP contribution in [0.5, 0.6) is 0 Å². The predicted molar refractivity (Wildman–Crippen MR) is 76.9 cm³/mol. The molecule has 0 amide bonds. The number of alkyl halides is 3. The first-order valence-electron chi connectivity index (χ1n) is 6.62. The first-order valence-corrected chi connectivity index (χ1v) is 6.62. The maximum Gasteiger partial charge on any atom is 0.416 e. The average molecular weight is 336 g/mol. The number of halogens is 4. The number of rotatable bonds is 2. The van der Waals surface area contributed by atoms with Gasteiger partial charge in [0.1, 0.15) is 5.82 Å². The van der Waals surface area contributed by atoms with E-state index in [0.717, 1.165) is 6.07 Å². The summed E-state index contributed by atoms with van der Waals surface area (Å²) in [5, 5.41) is 9.49. The van der Waals surface area contributed by atoms with E-state index in [-0.39, 0.29) is 22.2 Å². The minimum absolute atomic E-state index is 0.191. The third-order valence-electron chi connectivity index (χ3n) is 3.41. The molecule has 3 rings (SSSR count). The average Bonchev–Trinajstić information content (AvgIpc) is 2.53. The summed E-state index contributed by atoms with van der Waals surface area (Å²) < 4.78 is 52.5. The lowest BCUT2D eigenvalue weighted by atomic mass is 10.0. The van der Waals surface area contributed by atoms with Gasteiger partial charge in [-0.15, -0.1) is 0 Å². The monoisotopic (exact) mass is 336 g/mol. The minimum Gasteiger partial charge on any atom is -0.478 e. The SMILES string of the molecule is O=C(O)c1cc(-c2cc(C(F)(F)F)ccc2F)nc2ccncc12. The van der Waals surface area contributed by atoms with Gasteiger partial charge in [-0.3, -0.25) is 4.98 Å². The van der Waals surface area contributed by atoms with Gasteiger partial charge in [-0.1, -0.05) is 0 Å². The molecule has 4 nitrogen and oxygen atoms in total. The normalized spacial score (nSPS) is 11.7. The van der Waals surface area contributed by atoms with Gasteiger partial charge in [0.25, 0.3) is 0 Å². The zero-order chi connectivity index (χ0) is 17.5. The zero-order valence-corrected chi connectivity index (χ0v) is 11.8. The van der Waals surface area contributed by atoms with E-state index in [1.807, 2.05) is 0 Å². The quantitative estimate of drug-likeness (QED) is 0.714. The Bertz CT molecular complexity index is 954. The van der Waals surface area contributed by atoms with E-state index in [0.29, 0.717) is 18.2 Å². The Morgan fingerprint density at radius 2 is 1.88 bits per heavy atom. The van der Waals surface area contributed by atoms with Crippen molar-refractivity contribution in [2.24, 2.45) is 0 Å². The summed E-state index contributed by atoms with van der Waals surface area (Å²) in [6.07, 6.45) is -2.02. The highest BCUT2D eigenvalue weighted by atomic mass is 19.4. The van der Waals surface area contributed by atoms with Crippen molar-refractivity contribution in [3.8, 4) is 11.3 Å². The van der Waals surface area contributed by atoms with Crippen LogP contribution in [0.1, 0.15) is 15.9 Å². The summed E-state index contributed by atoms with van der Waals surface area (Å²) in [5.74, 6) is -2.25. The summed E-state index contributed by atoms with van der Waals surface area (Å²) in [6, 6.07) is 4.33. The molecule has 24 heavy (non-hydrogen) atoms. The molecule has 2 aromatic heterocycles.